The van der Waals surface area contributed by atoms with Crippen molar-refractivity contribution < 1.29 is 14.3 Å². The number of hydrogen-bond acceptors (Lipinski definition) is 4. The van der Waals surface area contributed by atoms with Crippen LogP contribution < -0.4 is 9.47 Å². The predicted octanol–water partition coefficient (Wildman–Crippen LogP) is 5.19. The molecule has 6 heteroatoms. The third-order valence-electron chi connectivity index (χ3n) is 5.98. The highest BCUT2D eigenvalue weighted by atomic mass is 16.5. The lowest BCUT2D eigenvalue weighted by atomic mass is 10.2. The molecule has 1 saturated heterocycles. The number of ether oxygens (including phenoxy) is 2. The van der Waals surface area contributed by atoms with Crippen molar-refractivity contribution in [1.29, 1.82) is 0 Å². The van der Waals surface area contributed by atoms with E-state index in [-0.39, 0.29) is 18.6 Å². The van der Waals surface area contributed by atoms with Gasteiger partial charge in [0, 0.05) is 6.54 Å². The lowest BCUT2D eigenvalue weighted by Gasteiger charge is -2.23. The first kappa shape index (κ1) is 21.1. The van der Waals surface area contributed by atoms with Crippen molar-refractivity contribution in [2.24, 2.45) is 0 Å². The SMILES string of the molecule is Cc1ccc2nc(C3CCCN3C(=O)COc3ccccc3OCc3ccccc3)[nH]c2c1. The molecule has 1 aliphatic rings. The first-order valence-corrected chi connectivity index (χ1v) is 11.3. The Morgan fingerprint density at radius 1 is 1.03 bits per heavy atom. The molecule has 0 radical (unpaired) electrons. The molecule has 4 aromatic rings. The molecule has 0 aliphatic carbocycles. The summed E-state index contributed by atoms with van der Waals surface area (Å²) in [5.41, 5.74) is 4.18. The van der Waals surface area contributed by atoms with Crippen molar-refractivity contribution in [2.45, 2.75) is 32.4 Å². The van der Waals surface area contributed by atoms with Crippen LogP contribution in [0.15, 0.2) is 72.8 Å². The minimum absolute atomic E-state index is 0.0401. The van der Waals surface area contributed by atoms with E-state index in [0.29, 0.717) is 24.7 Å². The van der Waals surface area contributed by atoms with E-state index in [1.807, 2.05) is 65.6 Å². The number of carbonyl (C=O) groups is 1. The zero-order valence-corrected chi connectivity index (χ0v) is 18.7. The summed E-state index contributed by atoms with van der Waals surface area (Å²) >= 11 is 0. The number of hydrogen-bond donors (Lipinski definition) is 1. The first-order valence-electron chi connectivity index (χ1n) is 11.3. The number of imidazole rings is 1. The Kier molecular flexibility index (Phi) is 5.98. The molecule has 33 heavy (non-hydrogen) atoms. The number of amides is 1. The van der Waals surface area contributed by atoms with Crippen LogP contribution in [0, 0.1) is 6.92 Å². The van der Waals surface area contributed by atoms with E-state index in [1.54, 1.807) is 0 Å². The zero-order valence-electron chi connectivity index (χ0n) is 18.7. The quantitative estimate of drug-likeness (QED) is 0.428. The second kappa shape index (κ2) is 9.36. The van der Waals surface area contributed by atoms with E-state index in [2.05, 4.69) is 24.0 Å². The topological polar surface area (TPSA) is 67.5 Å². The fourth-order valence-electron chi connectivity index (χ4n) is 4.30. The van der Waals surface area contributed by atoms with Crippen molar-refractivity contribution >= 4 is 16.9 Å². The average molecular weight is 442 g/mol. The van der Waals surface area contributed by atoms with Crippen LogP contribution in [0.2, 0.25) is 0 Å². The van der Waals surface area contributed by atoms with Gasteiger partial charge in [-0.15, -0.1) is 0 Å². The molecule has 1 N–H and O–H groups in total. The van der Waals surface area contributed by atoms with Gasteiger partial charge in [0.1, 0.15) is 12.4 Å². The van der Waals surface area contributed by atoms with E-state index < -0.39 is 0 Å². The Bertz CT molecular complexity index is 1250. The van der Waals surface area contributed by atoms with Crippen molar-refractivity contribution in [3.05, 3.63) is 89.7 Å². The molecular weight excluding hydrogens is 414 g/mol. The molecule has 2 heterocycles. The average Bonchev–Trinajstić information content (AvgIpc) is 3.49. The van der Waals surface area contributed by atoms with Gasteiger partial charge < -0.3 is 19.4 Å². The van der Waals surface area contributed by atoms with Gasteiger partial charge in [0.25, 0.3) is 5.91 Å². The molecule has 0 bridgehead atoms. The number of aryl methyl sites for hydroxylation is 1. The summed E-state index contributed by atoms with van der Waals surface area (Å²) in [6.45, 7) is 3.16. The summed E-state index contributed by atoms with van der Waals surface area (Å²) in [6, 6.07) is 23.5. The van der Waals surface area contributed by atoms with Gasteiger partial charge in [-0.1, -0.05) is 48.5 Å². The van der Waals surface area contributed by atoms with Crippen LogP contribution >= 0.6 is 0 Å². The van der Waals surface area contributed by atoms with Gasteiger partial charge in [-0.2, -0.15) is 0 Å². The van der Waals surface area contributed by atoms with Gasteiger partial charge >= 0.3 is 0 Å². The number of fused-ring (bicyclic) bond motifs is 1. The number of aromatic nitrogens is 2. The summed E-state index contributed by atoms with van der Waals surface area (Å²) in [7, 11) is 0. The van der Waals surface area contributed by atoms with Gasteiger partial charge in [-0.3, -0.25) is 4.79 Å². The van der Waals surface area contributed by atoms with Gasteiger partial charge in [0.2, 0.25) is 0 Å². The molecule has 1 aromatic heterocycles. The van der Waals surface area contributed by atoms with E-state index in [0.717, 1.165) is 35.3 Å². The molecule has 6 nitrogen and oxygen atoms in total. The number of benzene rings is 3. The second-order valence-electron chi connectivity index (χ2n) is 8.40. The van der Waals surface area contributed by atoms with Crippen LogP contribution in [0.25, 0.3) is 11.0 Å². The standard InChI is InChI=1S/C27H27N3O3/c1-19-13-14-21-22(16-19)29-27(28-21)23-10-7-15-30(23)26(31)18-33-25-12-6-5-11-24(25)32-17-20-8-3-2-4-9-20/h2-6,8-9,11-14,16,23H,7,10,15,17-18H2,1H3,(H,28,29). The van der Waals surface area contributed by atoms with Crippen LogP contribution in [0.1, 0.15) is 35.8 Å². The van der Waals surface area contributed by atoms with Crippen LogP contribution in [0.3, 0.4) is 0 Å². The number of nitrogens with zero attached hydrogens (tertiary/aromatic N) is 2. The van der Waals surface area contributed by atoms with Crippen molar-refractivity contribution in [1.82, 2.24) is 14.9 Å². The second-order valence-corrected chi connectivity index (χ2v) is 8.40. The Labute approximate surface area is 193 Å². The van der Waals surface area contributed by atoms with E-state index in [1.165, 1.54) is 5.56 Å². The molecule has 1 fully saturated rings. The molecule has 0 spiro atoms. The zero-order chi connectivity index (χ0) is 22.6. The highest BCUT2D eigenvalue weighted by Crippen LogP contribution is 2.32. The van der Waals surface area contributed by atoms with E-state index in [4.69, 9.17) is 14.5 Å². The summed E-state index contributed by atoms with van der Waals surface area (Å²) in [6.07, 6.45) is 1.84. The maximum absolute atomic E-state index is 13.1. The number of para-hydroxylation sites is 2. The minimum Gasteiger partial charge on any atom is -0.485 e. The Balaban J connectivity index is 1.25. The first-order chi connectivity index (χ1) is 16.2. The van der Waals surface area contributed by atoms with Crippen molar-refractivity contribution in [3.8, 4) is 11.5 Å². The third kappa shape index (κ3) is 4.70. The molecule has 1 unspecified atom stereocenters. The number of nitrogens with one attached hydrogen (secondary N) is 1. The Hall–Kier alpha value is -3.80. The molecule has 168 valence electrons. The molecule has 3 aromatic carbocycles. The van der Waals surface area contributed by atoms with Crippen molar-refractivity contribution in [3.63, 3.8) is 0 Å². The predicted molar refractivity (Wildman–Crippen MR) is 127 cm³/mol. The molecule has 5 rings (SSSR count). The molecular formula is C27H27N3O3. The number of aromatic amines is 1. The Morgan fingerprint density at radius 2 is 1.79 bits per heavy atom. The van der Waals surface area contributed by atoms with Gasteiger partial charge in [-0.25, -0.2) is 4.98 Å². The summed E-state index contributed by atoms with van der Waals surface area (Å²) in [5, 5.41) is 0. The fraction of sp³-hybridized carbons (Fsp3) is 0.259. The normalized spacial score (nSPS) is 15.7. The van der Waals surface area contributed by atoms with Gasteiger partial charge in [0.05, 0.1) is 17.1 Å². The number of H-pyrrole nitrogens is 1. The molecule has 1 amide bonds. The summed E-state index contributed by atoms with van der Waals surface area (Å²) in [5.74, 6) is 1.98. The third-order valence-corrected chi connectivity index (χ3v) is 5.98. The van der Waals surface area contributed by atoms with Gasteiger partial charge in [-0.05, 0) is 55.2 Å². The largest absolute Gasteiger partial charge is 0.485 e. The molecule has 0 saturated carbocycles. The van der Waals surface area contributed by atoms with Crippen molar-refractivity contribution in [2.75, 3.05) is 13.2 Å². The van der Waals surface area contributed by atoms with Crippen LogP contribution in [-0.4, -0.2) is 33.9 Å². The lowest BCUT2D eigenvalue weighted by Crippen LogP contribution is -2.34. The van der Waals surface area contributed by atoms with Crippen LogP contribution in [0.4, 0.5) is 0 Å². The maximum atomic E-state index is 13.1. The summed E-state index contributed by atoms with van der Waals surface area (Å²) in [4.78, 5) is 23.1. The smallest absolute Gasteiger partial charge is 0.261 e. The minimum atomic E-state index is -0.0571. The van der Waals surface area contributed by atoms with E-state index in [9.17, 15) is 4.79 Å². The van der Waals surface area contributed by atoms with E-state index >= 15 is 0 Å². The maximum Gasteiger partial charge on any atom is 0.261 e. The fourth-order valence-corrected chi connectivity index (χ4v) is 4.30. The van der Waals surface area contributed by atoms with Crippen LogP contribution in [-0.2, 0) is 11.4 Å². The number of likely N-dealkylation sites (tertiary alicyclic amines) is 1. The highest BCUT2D eigenvalue weighted by molar-refractivity contribution is 5.79. The lowest BCUT2D eigenvalue weighted by molar-refractivity contribution is -0.134. The number of rotatable bonds is 7. The number of carbonyl (C=O) groups excluding carboxylic acids is 1. The Morgan fingerprint density at radius 3 is 2.61 bits per heavy atom. The highest BCUT2D eigenvalue weighted by Gasteiger charge is 2.32. The molecule has 1 aliphatic heterocycles. The van der Waals surface area contributed by atoms with Gasteiger partial charge in [0.15, 0.2) is 18.1 Å². The van der Waals surface area contributed by atoms with Crippen LogP contribution in [0.5, 0.6) is 11.5 Å². The molecule has 1 atom stereocenters. The summed E-state index contributed by atoms with van der Waals surface area (Å²) < 4.78 is 11.9. The monoisotopic (exact) mass is 441 g/mol.